The molecule has 0 bridgehead atoms. The first kappa shape index (κ1) is 14.0. The minimum absolute atomic E-state index is 0.123. The molecule has 0 amide bonds. The number of hydrogen-bond donors (Lipinski definition) is 2. The van der Waals surface area contributed by atoms with Gasteiger partial charge in [-0.05, 0) is 30.7 Å². The van der Waals surface area contributed by atoms with Crippen LogP contribution >= 0.6 is 11.3 Å². The van der Waals surface area contributed by atoms with E-state index < -0.39 is 10.0 Å². The van der Waals surface area contributed by atoms with Crippen molar-refractivity contribution in [2.24, 2.45) is 0 Å². The highest BCUT2D eigenvalue weighted by Gasteiger charge is 2.18. The molecule has 0 radical (unpaired) electrons. The first-order valence-corrected chi connectivity index (χ1v) is 8.10. The maximum Gasteiger partial charge on any atom is 0.260 e. The maximum atomic E-state index is 12.1. The van der Waals surface area contributed by atoms with Crippen LogP contribution in [0.1, 0.15) is 16.7 Å². The van der Waals surface area contributed by atoms with Crippen molar-refractivity contribution in [1.29, 1.82) is 0 Å². The predicted molar refractivity (Wildman–Crippen MR) is 76.4 cm³/mol. The number of hydrogen-bond acceptors (Lipinski definition) is 5. The summed E-state index contributed by atoms with van der Waals surface area (Å²) in [6.45, 7) is 2.32. The van der Waals surface area contributed by atoms with Gasteiger partial charge in [0.05, 0.1) is 5.69 Å². The molecule has 0 saturated carbocycles. The number of anilines is 1. The number of aromatic nitrogens is 1. The minimum Gasteiger partial charge on any atom is -0.396 e. The summed E-state index contributed by atoms with van der Waals surface area (Å²) in [6, 6.07) is 7.04. The SMILES string of the molecule is CCc1ccc(CNS(=O)(=O)c2ncccc2N)s1. The molecule has 0 spiro atoms. The van der Waals surface area contributed by atoms with Gasteiger partial charge in [0, 0.05) is 22.5 Å². The van der Waals surface area contributed by atoms with Gasteiger partial charge in [0.1, 0.15) is 0 Å². The highest BCUT2D eigenvalue weighted by molar-refractivity contribution is 7.89. The van der Waals surface area contributed by atoms with Gasteiger partial charge in [-0.2, -0.15) is 0 Å². The van der Waals surface area contributed by atoms with Gasteiger partial charge in [-0.3, -0.25) is 0 Å². The van der Waals surface area contributed by atoms with Crippen molar-refractivity contribution in [3.8, 4) is 0 Å². The second-order valence-corrected chi connectivity index (χ2v) is 6.88. The lowest BCUT2D eigenvalue weighted by Gasteiger charge is -2.06. The summed E-state index contributed by atoms with van der Waals surface area (Å²) in [5.41, 5.74) is 5.77. The Bertz CT molecular complexity index is 665. The smallest absolute Gasteiger partial charge is 0.260 e. The lowest BCUT2D eigenvalue weighted by molar-refractivity contribution is 0.578. The summed E-state index contributed by atoms with van der Waals surface area (Å²) in [7, 11) is -3.67. The molecule has 2 rings (SSSR count). The standard InChI is InChI=1S/C12H15N3O2S2/c1-2-9-5-6-10(18-9)8-15-19(16,17)12-11(13)4-3-7-14-12/h3-7,15H,2,8,13H2,1H3. The number of sulfonamides is 1. The molecule has 0 unspecified atom stereocenters. The van der Waals surface area contributed by atoms with E-state index in [2.05, 4.69) is 16.6 Å². The van der Waals surface area contributed by atoms with E-state index in [0.717, 1.165) is 11.3 Å². The molecule has 0 saturated heterocycles. The molecule has 0 fully saturated rings. The fraction of sp³-hybridized carbons (Fsp3) is 0.250. The second-order valence-electron chi connectivity index (χ2n) is 3.94. The van der Waals surface area contributed by atoms with Crippen LogP contribution in [0.4, 0.5) is 5.69 Å². The van der Waals surface area contributed by atoms with Gasteiger partial charge in [-0.1, -0.05) is 6.92 Å². The van der Waals surface area contributed by atoms with E-state index >= 15 is 0 Å². The molecule has 2 aromatic rings. The summed E-state index contributed by atoms with van der Waals surface area (Å²) in [4.78, 5) is 6.01. The van der Waals surface area contributed by atoms with Crippen LogP contribution < -0.4 is 10.5 Å². The van der Waals surface area contributed by atoms with Crippen LogP contribution in [0.15, 0.2) is 35.5 Å². The van der Waals surface area contributed by atoms with E-state index in [1.54, 1.807) is 17.4 Å². The van der Waals surface area contributed by atoms with Crippen LogP contribution in [0, 0.1) is 0 Å². The topological polar surface area (TPSA) is 85.1 Å². The van der Waals surface area contributed by atoms with E-state index in [1.165, 1.54) is 17.1 Å². The van der Waals surface area contributed by atoms with Crippen molar-refractivity contribution in [1.82, 2.24) is 9.71 Å². The molecule has 0 aliphatic carbocycles. The Morgan fingerprint density at radius 1 is 1.32 bits per heavy atom. The largest absolute Gasteiger partial charge is 0.396 e. The number of rotatable bonds is 5. The quantitative estimate of drug-likeness (QED) is 0.880. The second kappa shape index (κ2) is 5.68. The Labute approximate surface area is 116 Å². The fourth-order valence-electron chi connectivity index (χ4n) is 1.57. The van der Waals surface area contributed by atoms with Crippen molar-refractivity contribution in [3.63, 3.8) is 0 Å². The Balaban J connectivity index is 2.12. The molecule has 0 aliphatic heterocycles. The number of nitrogens with one attached hydrogen (secondary N) is 1. The third-order valence-corrected chi connectivity index (χ3v) is 5.16. The van der Waals surface area contributed by atoms with Crippen molar-refractivity contribution in [2.45, 2.75) is 24.9 Å². The molecule has 2 heterocycles. The van der Waals surface area contributed by atoms with E-state index in [0.29, 0.717) is 0 Å². The van der Waals surface area contributed by atoms with Crippen LogP contribution in [0.2, 0.25) is 0 Å². The van der Waals surface area contributed by atoms with Gasteiger partial charge in [0.15, 0.2) is 5.03 Å². The summed E-state index contributed by atoms with van der Waals surface area (Å²) >= 11 is 1.59. The van der Waals surface area contributed by atoms with Crippen LogP contribution in [0.25, 0.3) is 0 Å². The molecule has 0 aliphatic rings. The molecule has 102 valence electrons. The summed E-state index contributed by atoms with van der Waals surface area (Å²) in [6.07, 6.45) is 2.36. The van der Waals surface area contributed by atoms with Gasteiger partial charge in [-0.25, -0.2) is 18.1 Å². The number of pyridine rings is 1. The average Bonchev–Trinajstić information content (AvgIpc) is 2.85. The molecule has 3 N–H and O–H groups in total. The summed E-state index contributed by atoms with van der Waals surface area (Å²) < 4.78 is 26.6. The molecule has 0 aromatic carbocycles. The zero-order valence-electron chi connectivity index (χ0n) is 10.5. The lowest BCUT2D eigenvalue weighted by atomic mass is 10.4. The first-order valence-electron chi connectivity index (χ1n) is 5.80. The zero-order chi connectivity index (χ0) is 13.9. The van der Waals surface area contributed by atoms with Crippen LogP contribution in [-0.2, 0) is 23.0 Å². The van der Waals surface area contributed by atoms with Crippen molar-refractivity contribution >= 4 is 27.0 Å². The van der Waals surface area contributed by atoms with Crippen LogP contribution in [0.3, 0.4) is 0 Å². The molecular formula is C12H15N3O2S2. The maximum absolute atomic E-state index is 12.1. The average molecular weight is 297 g/mol. The Hall–Kier alpha value is -1.44. The Kier molecular flexibility index (Phi) is 4.18. The third-order valence-electron chi connectivity index (χ3n) is 2.56. The van der Waals surface area contributed by atoms with Crippen molar-refractivity contribution < 1.29 is 8.42 Å². The first-order chi connectivity index (χ1) is 9.03. The van der Waals surface area contributed by atoms with Crippen LogP contribution in [-0.4, -0.2) is 13.4 Å². The van der Waals surface area contributed by atoms with E-state index in [-0.39, 0.29) is 17.3 Å². The number of nitrogens with zero attached hydrogens (tertiary/aromatic N) is 1. The third kappa shape index (κ3) is 3.31. The summed E-state index contributed by atoms with van der Waals surface area (Å²) in [5.74, 6) is 0. The zero-order valence-corrected chi connectivity index (χ0v) is 12.1. The van der Waals surface area contributed by atoms with Gasteiger partial charge in [0.25, 0.3) is 10.0 Å². The molecule has 7 heteroatoms. The van der Waals surface area contributed by atoms with E-state index in [1.807, 2.05) is 12.1 Å². The highest BCUT2D eigenvalue weighted by atomic mass is 32.2. The van der Waals surface area contributed by atoms with Crippen molar-refractivity contribution in [3.05, 3.63) is 40.2 Å². The molecule has 5 nitrogen and oxygen atoms in total. The van der Waals surface area contributed by atoms with E-state index in [4.69, 9.17) is 5.73 Å². The number of nitrogens with two attached hydrogens (primary N) is 1. The van der Waals surface area contributed by atoms with Gasteiger partial charge in [0.2, 0.25) is 0 Å². The monoisotopic (exact) mass is 297 g/mol. The lowest BCUT2D eigenvalue weighted by Crippen LogP contribution is -2.24. The minimum atomic E-state index is -3.67. The van der Waals surface area contributed by atoms with Gasteiger partial charge in [-0.15, -0.1) is 11.3 Å². The van der Waals surface area contributed by atoms with Gasteiger partial charge < -0.3 is 5.73 Å². The molecule has 0 atom stereocenters. The van der Waals surface area contributed by atoms with Crippen LogP contribution in [0.5, 0.6) is 0 Å². The normalized spacial score (nSPS) is 11.6. The Morgan fingerprint density at radius 2 is 2.05 bits per heavy atom. The number of thiophene rings is 1. The predicted octanol–water partition coefficient (Wildman–Crippen LogP) is 1.77. The molecule has 2 aromatic heterocycles. The van der Waals surface area contributed by atoms with E-state index in [9.17, 15) is 8.42 Å². The highest BCUT2D eigenvalue weighted by Crippen LogP contribution is 2.18. The fourth-order valence-corrected chi connectivity index (χ4v) is 3.62. The Morgan fingerprint density at radius 3 is 2.68 bits per heavy atom. The number of aryl methyl sites for hydroxylation is 1. The number of nitrogen functional groups attached to an aromatic ring is 1. The summed E-state index contributed by atoms with van der Waals surface area (Å²) in [5, 5.41) is -0.123. The van der Waals surface area contributed by atoms with Gasteiger partial charge >= 0.3 is 0 Å². The van der Waals surface area contributed by atoms with Crippen molar-refractivity contribution in [2.75, 3.05) is 5.73 Å². The molecule has 19 heavy (non-hydrogen) atoms. The molecular weight excluding hydrogens is 282 g/mol.